The lowest BCUT2D eigenvalue weighted by Crippen LogP contribution is -2.28. The number of ether oxygens (including phenoxy) is 1. The largest absolute Gasteiger partial charge is 0.484 e. The van der Waals surface area contributed by atoms with E-state index in [9.17, 15) is 0 Å². The fourth-order valence-corrected chi connectivity index (χ4v) is 4.89. The Labute approximate surface area is 150 Å². The van der Waals surface area contributed by atoms with E-state index < -0.39 is 0 Å². The first-order valence-corrected chi connectivity index (χ1v) is 9.50. The molecule has 2 aromatic rings. The number of hydrogen-bond donors (Lipinski definition) is 1. The van der Waals surface area contributed by atoms with Gasteiger partial charge in [-0.1, -0.05) is 18.5 Å². The van der Waals surface area contributed by atoms with Gasteiger partial charge in [-0.2, -0.15) is 0 Å². The second-order valence-electron chi connectivity index (χ2n) is 4.91. The number of hydrogen-bond acceptors (Lipinski definition) is 3. The van der Waals surface area contributed by atoms with Crippen molar-refractivity contribution in [3.05, 3.63) is 48.0 Å². The minimum Gasteiger partial charge on any atom is -0.484 e. The fraction of sp³-hybridized carbons (Fsp3) is 0.333. The van der Waals surface area contributed by atoms with Crippen LogP contribution in [0, 0.1) is 0 Å². The van der Waals surface area contributed by atoms with Crippen LogP contribution in [0.25, 0.3) is 0 Å². The third-order valence-electron chi connectivity index (χ3n) is 3.50. The normalized spacial score (nSPS) is 21.0. The summed E-state index contributed by atoms with van der Waals surface area (Å²) in [5, 5.41) is 4.28. The molecule has 3 rings (SSSR count). The number of halogens is 3. The van der Waals surface area contributed by atoms with E-state index in [1.165, 1.54) is 4.88 Å². The van der Waals surface area contributed by atoms with Crippen LogP contribution in [0.15, 0.2) is 32.5 Å². The Bertz CT molecular complexity index is 642. The quantitative estimate of drug-likeness (QED) is 0.609. The molecule has 0 fully saturated rings. The molecule has 112 valence electrons. The molecule has 0 amide bonds. The van der Waals surface area contributed by atoms with Crippen LogP contribution in [0.4, 0.5) is 0 Å². The average molecular weight is 452 g/mol. The molecule has 0 radical (unpaired) electrons. The zero-order valence-corrected chi connectivity index (χ0v) is 16.1. The second kappa shape index (κ2) is 6.59. The third kappa shape index (κ3) is 3.32. The van der Waals surface area contributed by atoms with Crippen molar-refractivity contribution >= 4 is 54.8 Å². The molecule has 2 unspecified atom stereocenters. The van der Waals surface area contributed by atoms with E-state index in [1.54, 1.807) is 11.3 Å². The molecule has 1 aromatic heterocycles. The van der Waals surface area contributed by atoms with Gasteiger partial charge in [0.1, 0.15) is 11.9 Å². The van der Waals surface area contributed by atoms with Crippen LogP contribution >= 0.6 is 54.8 Å². The van der Waals surface area contributed by atoms with Crippen LogP contribution < -0.4 is 10.1 Å². The SMILES string of the molecule is CCNC1CC(c2cc(Br)c(Br)s2)Oc2ccc(Cl)cc21. The highest BCUT2D eigenvalue weighted by Gasteiger charge is 2.30. The molecule has 21 heavy (non-hydrogen) atoms. The van der Waals surface area contributed by atoms with E-state index in [-0.39, 0.29) is 12.1 Å². The van der Waals surface area contributed by atoms with Crippen molar-refractivity contribution in [2.45, 2.75) is 25.5 Å². The molecular weight excluding hydrogens is 437 g/mol. The fourth-order valence-electron chi connectivity index (χ4n) is 2.58. The summed E-state index contributed by atoms with van der Waals surface area (Å²) in [6.07, 6.45) is 0.968. The van der Waals surface area contributed by atoms with Gasteiger partial charge in [0.05, 0.1) is 3.79 Å². The Morgan fingerprint density at radius 1 is 1.38 bits per heavy atom. The Balaban J connectivity index is 1.95. The van der Waals surface area contributed by atoms with Gasteiger partial charge in [0.25, 0.3) is 0 Å². The first kappa shape index (κ1) is 15.8. The predicted molar refractivity (Wildman–Crippen MR) is 95.6 cm³/mol. The summed E-state index contributed by atoms with van der Waals surface area (Å²) in [5.41, 5.74) is 1.15. The zero-order chi connectivity index (χ0) is 15.0. The van der Waals surface area contributed by atoms with Gasteiger partial charge in [-0.25, -0.2) is 0 Å². The van der Waals surface area contributed by atoms with Crippen LogP contribution in [0.2, 0.25) is 5.02 Å². The van der Waals surface area contributed by atoms with Gasteiger partial charge in [-0.05, 0) is 62.7 Å². The van der Waals surface area contributed by atoms with Gasteiger partial charge in [-0.3, -0.25) is 0 Å². The van der Waals surface area contributed by atoms with Crippen molar-refractivity contribution in [2.75, 3.05) is 6.54 Å². The molecule has 1 aliphatic heterocycles. The monoisotopic (exact) mass is 449 g/mol. The molecule has 0 spiro atoms. The van der Waals surface area contributed by atoms with Crippen molar-refractivity contribution in [1.82, 2.24) is 5.32 Å². The molecule has 2 nitrogen and oxygen atoms in total. The molecule has 0 saturated carbocycles. The zero-order valence-electron chi connectivity index (χ0n) is 11.3. The number of rotatable bonds is 3. The smallest absolute Gasteiger partial charge is 0.135 e. The topological polar surface area (TPSA) is 21.3 Å². The molecule has 1 N–H and O–H groups in total. The van der Waals surface area contributed by atoms with Crippen LogP contribution in [-0.2, 0) is 0 Å². The summed E-state index contributed by atoms with van der Waals surface area (Å²) in [7, 11) is 0. The van der Waals surface area contributed by atoms with Crippen molar-refractivity contribution in [3.8, 4) is 5.75 Å². The maximum Gasteiger partial charge on any atom is 0.135 e. The maximum absolute atomic E-state index is 6.19. The van der Waals surface area contributed by atoms with Crippen molar-refractivity contribution in [2.24, 2.45) is 0 Å². The Morgan fingerprint density at radius 2 is 2.19 bits per heavy atom. The van der Waals surface area contributed by atoms with Gasteiger partial charge in [0.15, 0.2) is 0 Å². The Kier molecular flexibility index (Phi) is 4.96. The Morgan fingerprint density at radius 3 is 2.86 bits per heavy atom. The first-order chi connectivity index (χ1) is 10.1. The molecule has 0 saturated heterocycles. The summed E-state index contributed by atoms with van der Waals surface area (Å²) in [6.45, 7) is 3.04. The summed E-state index contributed by atoms with van der Waals surface area (Å²) >= 11 is 14.9. The Hall–Kier alpha value is -0.0700. The lowest BCUT2D eigenvalue weighted by molar-refractivity contribution is 0.155. The maximum atomic E-state index is 6.19. The molecule has 0 aliphatic carbocycles. The molecule has 6 heteroatoms. The van der Waals surface area contributed by atoms with Gasteiger partial charge >= 0.3 is 0 Å². The molecular formula is C15H14Br2ClNOS. The lowest BCUT2D eigenvalue weighted by Gasteiger charge is -2.32. The lowest BCUT2D eigenvalue weighted by atomic mass is 9.95. The first-order valence-electron chi connectivity index (χ1n) is 6.72. The standard InChI is InChI=1S/C15H14Br2ClNOS/c1-2-19-11-7-13(14-6-10(16)15(17)21-14)20-12-4-3-8(18)5-9(11)12/h3-6,11,13,19H,2,7H2,1H3. The van der Waals surface area contributed by atoms with E-state index >= 15 is 0 Å². The van der Waals surface area contributed by atoms with Gasteiger partial charge in [-0.15, -0.1) is 11.3 Å². The van der Waals surface area contributed by atoms with Crippen molar-refractivity contribution in [1.29, 1.82) is 0 Å². The second-order valence-corrected chi connectivity index (χ2v) is 8.60. The van der Waals surface area contributed by atoms with Gasteiger partial charge < -0.3 is 10.1 Å². The number of nitrogens with one attached hydrogen (secondary N) is 1. The van der Waals surface area contributed by atoms with Gasteiger partial charge in [0, 0.05) is 32.4 Å². The van der Waals surface area contributed by atoms with E-state index in [4.69, 9.17) is 16.3 Å². The molecule has 2 heterocycles. The molecule has 1 aromatic carbocycles. The highest BCUT2D eigenvalue weighted by molar-refractivity contribution is 9.13. The van der Waals surface area contributed by atoms with Crippen LogP contribution in [-0.4, -0.2) is 6.54 Å². The van der Waals surface area contributed by atoms with E-state index in [0.717, 1.165) is 37.6 Å². The van der Waals surface area contributed by atoms with E-state index in [0.29, 0.717) is 0 Å². The van der Waals surface area contributed by atoms with Crippen molar-refractivity contribution in [3.63, 3.8) is 0 Å². The van der Waals surface area contributed by atoms with Crippen molar-refractivity contribution < 1.29 is 4.74 Å². The predicted octanol–water partition coefficient (Wildman–Crippen LogP) is 6.10. The van der Waals surface area contributed by atoms with Crippen LogP contribution in [0.3, 0.4) is 0 Å². The summed E-state index contributed by atoms with van der Waals surface area (Å²) in [6, 6.07) is 8.24. The van der Waals surface area contributed by atoms with Crippen LogP contribution in [0.5, 0.6) is 5.75 Å². The summed E-state index contributed by atoms with van der Waals surface area (Å²) in [4.78, 5) is 1.22. The minimum atomic E-state index is 0.0651. The number of benzene rings is 1. The molecule has 1 aliphatic rings. The number of fused-ring (bicyclic) bond motifs is 1. The molecule has 2 atom stereocenters. The van der Waals surface area contributed by atoms with Crippen LogP contribution in [0.1, 0.15) is 35.9 Å². The van der Waals surface area contributed by atoms with Gasteiger partial charge in [0.2, 0.25) is 0 Å². The molecule has 0 bridgehead atoms. The third-order valence-corrected chi connectivity index (χ3v) is 7.08. The summed E-state index contributed by atoms with van der Waals surface area (Å²) < 4.78 is 8.36. The van der Waals surface area contributed by atoms with E-state index in [1.807, 2.05) is 18.2 Å². The highest BCUT2D eigenvalue weighted by Crippen LogP contribution is 2.45. The minimum absolute atomic E-state index is 0.0651. The summed E-state index contributed by atoms with van der Waals surface area (Å²) in [5.74, 6) is 0.919. The number of thiophene rings is 1. The highest BCUT2D eigenvalue weighted by atomic mass is 79.9. The van der Waals surface area contributed by atoms with E-state index in [2.05, 4.69) is 50.2 Å². The average Bonchev–Trinajstić information content (AvgIpc) is 2.79.